The Balaban J connectivity index is 1.65. The number of methoxy groups -OCH3 is 1. The van der Waals surface area contributed by atoms with Crippen molar-refractivity contribution >= 4 is 55.4 Å². The van der Waals surface area contributed by atoms with Crippen LogP contribution < -0.4 is 19.9 Å². The van der Waals surface area contributed by atoms with E-state index in [-0.39, 0.29) is 18.0 Å². The van der Waals surface area contributed by atoms with E-state index in [9.17, 15) is 14.0 Å². The van der Waals surface area contributed by atoms with Gasteiger partial charge in [-0.2, -0.15) is 0 Å². The lowest BCUT2D eigenvalue weighted by Crippen LogP contribution is -2.35. The molecular weight excluding hydrogens is 559 g/mol. The van der Waals surface area contributed by atoms with Crippen LogP contribution in [0.15, 0.2) is 75.2 Å². The molecule has 0 bridgehead atoms. The first kappa shape index (κ1) is 23.0. The van der Waals surface area contributed by atoms with Crippen LogP contribution in [0.1, 0.15) is 11.1 Å². The third-order valence-electron chi connectivity index (χ3n) is 4.85. The van der Waals surface area contributed by atoms with E-state index in [0.29, 0.717) is 37.3 Å². The van der Waals surface area contributed by atoms with Crippen molar-refractivity contribution in [1.29, 1.82) is 0 Å². The number of nitrogens with one attached hydrogen (secondary N) is 1. The molecule has 9 heteroatoms. The molecule has 3 aromatic carbocycles. The number of hydrazine groups is 1. The number of anilines is 1. The molecule has 0 aromatic heterocycles. The number of rotatable bonds is 6. The Morgan fingerprint density at radius 1 is 1.03 bits per heavy atom. The summed E-state index contributed by atoms with van der Waals surface area (Å²) < 4.78 is 25.9. The average Bonchev–Trinajstić information content (AvgIpc) is 3.10. The highest BCUT2D eigenvalue weighted by atomic mass is 79.9. The molecule has 0 spiro atoms. The number of hydrogen-bond acceptors (Lipinski definition) is 4. The molecule has 1 aliphatic heterocycles. The molecule has 33 heavy (non-hydrogen) atoms. The minimum absolute atomic E-state index is 0.0260. The van der Waals surface area contributed by atoms with Gasteiger partial charge in [-0.25, -0.2) is 9.40 Å². The topological polar surface area (TPSA) is 67.9 Å². The number of hydrogen-bond donors (Lipinski definition) is 1. The summed E-state index contributed by atoms with van der Waals surface area (Å²) in [4.78, 5) is 25.4. The highest BCUT2D eigenvalue weighted by Gasteiger charge is 2.34. The first-order chi connectivity index (χ1) is 15.9. The highest BCUT2D eigenvalue weighted by molar-refractivity contribution is 9.13. The van der Waals surface area contributed by atoms with Gasteiger partial charge in [0.05, 0.1) is 17.3 Å². The van der Waals surface area contributed by atoms with Crippen molar-refractivity contribution in [2.75, 3.05) is 12.1 Å². The van der Waals surface area contributed by atoms with Gasteiger partial charge < -0.3 is 9.47 Å². The normalized spacial score (nSPS) is 14.5. The first-order valence-corrected chi connectivity index (χ1v) is 11.3. The third-order valence-corrected chi connectivity index (χ3v) is 7.00. The SMILES string of the molecule is COc1cc(/C=C2/C(=O)NN(c3ccccc3)C2=O)c(Br)c(Br)c1OCc1cccc(F)c1. The van der Waals surface area contributed by atoms with Crippen molar-refractivity contribution in [2.45, 2.75) is 6.61 Å². The minimum atomic E-state index is -0.516. The molecule has 1 saturated heterocycles. The maximum absolute atomic E-state index is 13.5. The van der Waals surface area contributed by atoms with Crippen LogP contribution >= 0.6 is 31.9 Å². The predicted molar refractivity (Wildman–Crippen MR) is 129 cm³/mol. The number of carbonyl (C=O) groups is 2. The molecule has 6 nitrogen and oxygen atoms in total. The molecule has 0 aliphatic carbocycles. The number of nitrogens with zero attached hydrogens (tertiary/aromatic N) is 1. The number of halogens is 3. The molecule has 1 aliphatic rings. The zero-order valence-corrected chi connectivity index (χ0v) is 20.4. The molecule has 0 radical (unpaired) electrons. The summed E-state index contributed by atoms with van der Waals surface area (Å²) in [6.45, 7) is 0.118. The van der Waals surface area contributed by atoms with E-state index in [1.54, 1.807) is 42.5 Å². The fourth-order valence-electron chi connectivity index (χ4n) is 3.25. The van der Waals surface area contributed by atoms with Gasteiger partial charge in [0, 0.05) is 4.47 Å². The predicted octanol–water partition coefficient (Wildman–Crippen LogP) is 5.40. The summed E-state index contributed by atoms with van der Waals surface area (Å²) in [7, 11) is 1.48. The lowest BCUT2D eigenvalue weighted by Gasteiger charge is -2.16. The maximum Gasteiger partial charge on any atom is 0.282 e. The molecule has 168 valence electrons. The summed E-state index contributed by atoms with van der Waals surface area (Å²) >= 11 is 6.98. The number of benzene rings is 3. The van der Waals surface area contributed by atoms with Gasteiger partial charge in [-0.15, -0.1) is 0 Å². The quantitative estimate of drug-likeness (QED) is 0.316. The monoisotopic (exact) mass is 574 g/mol. The lowest BCUT2D eigenvalue weighted by atomic mass is 10.1. The van der Waals surface area contributed by atoms with Crippen LogP contribution in [0.2, 0.25) is 0 Å². The van der Waals surface area contributed by atoms with Gasteiger partial charge in [0.15, 0.2) is 11.5 Å². The minimum Gasteiger partial charge on any atom is -0.493 e. The van der Waals surface area contributed by atoms with Crippen molar-refractivity contribution in [3.05, 3.63) is 92.1 Å². The van der Waals surface area contributed by atoms with Crippen LogP contribution in [0.3, 0.4) is 0 Å². The van der Waals surface area contributed by atoms with E-state index in [1.165, 1.54) is 30.3 Å². The van der Waals surface area contributed by atoms with E-state index >= 15 is 0 Å². The summed E-state index contributed by atoms with van der Waals surface area (Å²) in [6, 6.07) is 16.6. The van der Waals surface area contributed by atoms with E-state index in [1.807, 2.05) is 6.07 Å². The fraction of sp³-hybridized carbons (Fsp3) is 0.0833. The Morgan fingerprint density at radius 3 is 2.48 bits per heavy atom. The molecule has 0 unspecified atom stereocenters. The van der Waals surface area contributed by atoms with E-state index < -0.39 is 11.8 Å². The van der Waals surface area contributed by atoms with E-state index in [4.69, 9.17) is 9.47 Å². The molecular formula is C24H17Br2FN2O4. The lowest BCUT2D eigenvalue weighted by molar-refractivity contribution is -0.117. The van der Waals surface area contributed by atoms with Crippen LogP contribution in [0.5, 0.6) is 11.5 Å². The first-order valence-electron chi connectivity index (χ1n) is 9.74. The molecule has 1 fully saturated rings. The zero-order valence-electron chi connectivity index (χ0n) is 17.3. The molecule has 3 aromatic rings. The number of para-hydroxylation sites is 1. The second kappa shape index (κ2) is 9.76. The summed E-state index contributed by atoms with van der Waals surface area (Å²) in [5, 5.41) is 1.20. The number of ether oxygens (including phenoxy) is 2. The van der Waals surface area contributed by atoms with E-state index in [2.05, 4.69) is 37.3 Å². The van der Waals surface area contributed by atoms with Crippen molar-refractivity contribution in [3.63, 3.8) is 0 Å². The Bertz CT molecular complexity index is 1260. The molecule has 1 heterocycles. The van der Waals surface area contributed by atoms with Crippen molar-refractivity contribution in [1.82, 2.24) is 5.43 Å². The van der Waals surface area contributed by atoms with E-state index in [0.717, 1.165) is 0 Å². The summed E-state index contributed by atoms with van der Waals surface area (Å²) in [5.74, 6) is -0.575. The smallest absolute Gasteiger partial charge is 0.282 e. The van der Waals surface area contributed by atoms with Crippen molar-refractivity contribution < 1.29 is 23.5 Å². The van der Waals surface area contributed by atoms with Gasteiger partial charge in [-0.05, 0) is 79.4 Å². The Kier molecular flexibility index (Phi) is 6.80. The standard InChI is InChI=1S/C24H17Br2FN2O4/c1-32-19-12-15(11-18-23(30)28-29(24(18)31)17-8-3-2-4-9-17)20(25)21(26)22(19)33-13-14-6-5-7-16(27)10-14/h2-12H,13H2,1H3,(H,28,30)/b18-11-. The third kappa shape index (κ3) is 4.79. The molecule has 1 N–H and O–H groups in total. The Hall–Kier alpha value is -3.17. The van der Waals surface area contributed by atoms with Crippen LogP contribution in [-0.4, -0.2) is 18.9 Å². The second-order valence-corrected chi connectivity index (χ2v) is 8.60. The number of amides is 2. The second-order valence-electron chi connectivity index (χ2n) is 7.02. The summed E-state index contributed by atoms with van der Waals surface area (Å²) in [6.07, 6.45) is 1.48. The van der Waals surface area contributed by atoms with Crippen molar-refractivity contribution in [2.24, 2.45) is 0 Å². The van der Waals surface area contributed by atoms with Gasteiger partial charge in [-0.3, -0.25) is 15.0 Å². The van der Waals surface area contributed by atoms with Crippen LogP contribution in [0, 0.1) is 5.82 Å². The van der Waals surface area contributed by atoms with Gasteiger partial charge in [-0.1, -0.05) is 30.3 Å². The Labute approximate surface area is 206 Å². The molecule has 0 saturated carbocycles. The Morgan fingerprint density at radius 2 is 1.79 bits per heavy atom. The van der Waals surface area contributed by atoms with Gasteiger partial charge in [0.2, 0.25) is 0 Å². The van der Waals surface area contributed by atoms with Gasteiger partial charge in [0.1, 0.15) is 18.0 Å². The average molecular weight is 576 g/mol. The zero-order chi connectivity index (χ0) is 23.5. The molecule has 4 rings (SSSR count). The fourth-order valence-corrected chi connectivity index (χ4v) is 4.20. The number of carbonyl (C=O) groups excluding carboxylic acids is 2. The van der Waals surface area contributed by atoms with Crippen LogP contribution in [-0.2, 0) is 16.2 Å². The summed E-state index contributed by atoms with van der Waals surface area (Å²) in [5.41, 5.74) is 4.28. The van der Waals surface area contributed by atoms with Crippen molar-refractivity contribution in [3.8, 4) is 11.5 Å². The maximum atomic E-state index is 13.5. The largest absolute Gasteiger partial charge is 0.493 e. The highest BCUT2D eigenvalue weighted by Crippen LogP contribution is 2.44. The van der Waals surface area contributed by atoms with Crippen LogP contribution in [0.25, 0.3) is 6.08 Å². The van der Waals surface area contributed by atoms with Crippen LogP contribution in [0.4, 0.5) is 10.1 Å². The molecule has 0 atom stereocenters. The van der Waals surface area contributed by atoms with Gasteiger partial charge in [0.25, 0.3) is 11.8 Å². The van der Waals surface area contributed by atoms with Gasteiger partial charge >= 0.3 is 0 Å². The molecule has 2 amide bonds.